The molecule has 0 spiro atoms. The van der Waals surface area contributed by atoms with Crippen molar-refractivity contribution in [2.24, 2.45) is 0 Å². The van der Waals surface area contributed by atoms with Gasteiger partial charge in [0, 0.05) is 0 Å². The van der Waals surface area contributed by atoms with Crippen molar-refractivity contribution in [2.45, 2.75) is 0 Å². The molecule has 0 atom stereocenters. The zero-order chi connectivity index (χ0) is 0. The molecule has 4 N–H and O–H groups in total. The largest absolute Gasteiger partial charge is 3.00 e. The summed E-state index contributed by atoms with van der Waals surface area (Å²) >= 11 is 0. The van der Waals surface area contributed by atoms with Gasteiger partial charge in [0.1, 0.15) is 0 Å². The van der Waals surface area contributed by atoms with Gasteiger partial charge < -0.3 is 27.4 Å². The zero-order valence-corrected chi connectivity index (χ0v) is 10.6. The molecule has 0 bridgehead atoms. The number of hydrogen-bond acceptors (Lipinski definition) is 0. The van der Waals surface area contributed by atoms with Crippen molar-refractivity contribution in [3.05, 3.63) is 0 Å². The fraction of sp³-hybridized carbons (Fsp3) is 0. The van der Waals surface area contributed by atoms with Gasteiger partial charge >= 0.3 is 71.2 Å². The van der Waals surface area contributed by atoms with Crippen LogP contribution in [0.1, 0.15) is 0 Å². The predicted molar refractivity (Wildman–Crippen MR) is 9.29 cm³/mol. The standard InChI is InChI=1S/2La.2H2O.3O/h;;2*1H2;;;/q2*+3;;;3*-2. The predicted octanol–water partition coefficient (Wildman–Crippen LogP) is -2.01. The summed E-state index contributed by atoms with van der Waals surface area (Å²) < 4.78 is 0. The fourth-order valence-electron chi connectivity index (χ4n) is 0. The van der Waals surface area contributed by atoms with Gasteiger partial charge in [-0.2, -0.15) is 0 Å². The van der Waals surface area contributed by atoms with Gasteiger partial charge in [-0.3, -0.25) is 0 Å². The molecule has 0 saturated carbocycles. The molecule has 0 saturated heterocycles. The molecule has 0 aliphatic carbocycles. The molecule has 0 aromatic rings. The quantitative estimate of drug-likeness (QED) is 0.469. The third kappa shape index (κ3) is 65.4. The molecule has 0 aromatic carbocycles. The normalized spacial score (nSPS) is 0. The Labute approximate surface area is 97.0 Å². The van der Waals surface area contributed by atoms with Crippen LogP contribution in [0.15, 0.2) is 0 Å². The van der Waals surface area contributed by atoms with Crippen LogP contribution < -0.4 is 0 Å². The van der Waals surface area contributed by atoms with E-state index in [4.69, 9.17) is 0 Å². The summed E-state index contributed by atoms with van der Waals surface area (Å²) in [6.07, 6.45) is 0. The van der Waals surface area contributed by atoms with Gasteiger partial charge in [0.2, 0.25) is 0 Å². The SMILES string of the molecule is O.O.[La+3].[La+3].[O-2].[O-2].[O-2]. The van der Waals surface area contributed by atoms with Gasteiger partial charge in [0.15, 0.2) is 0 Å². The Balaban J connectivity index is 0. The van der Waals surface area contributed by atoms with Crippen LogP contribution in [0.5, 0.6) is 0 Å². The average molecular weight is 362 g/mol. The Morgan fingerprint density at radius 3 is 0.429 bits per heavy atom. The van der Waals surface area contributed by atoms with E-state index in [0.717, 1.165) is 0 Å². The maximum atomic E-state index is 0. The maximum absolute atomic E-state index is 0. The molecular formula is H4La2O5. The Morgan fingerprint density at radius 1 is 0.429 bits per heavy atom. The first-order chi connectivity index (χ1) is 0. The molecular weight excluding hydrogens is 358 g/mol. The summed E-state index contributed by atoms with van der Waals surface area (Å²) in [6.45, 7) is 0. The molecule has 40 valence electrons. The molecule has 0 fully saturated rings. The van der Waals surface area contributed by atoms with E-state index in [1.165, 1.54) is 0 Å². The molecule has 0 aliphatic heterocycles. The van der Waals surface area contributed by atoms with E-state index in [9.17, 15) is 0 Å². The molecule has 5 nitrogen and oxygen atoms in total. The summed E-state index contributed by atoms with van der Waals surface area (Å²) in [6, 6.07) is 0. The summed E-state index contributed by atoms with van der Waals surface area (Å²) in [5.74, 6) is 0. The van der Waals surface area contributed by atoms with Crippen LogP contribution >= 0.6 is 0 Å². The van der Waals surface area contributed by atoms with Crippen molar-refractivity contribution in [3.8, 4) is 0 Å². The molecule has 0 radical (unpaired) electrons. The average Bonchev–Trinajstić information content (AvgIpc) is 0. The van der Waals surface area contributed by atoms with E-state index in [1.807, 2.05) is 0 Å². The van der Waals surface area contributed by atoms with E-state index in [0.29, 0.717) is 0 Å². The van der Waals surface area contributed by atoms with E-state index in [-0.39, 0.29) is 98.6 Å². The monoisotopic (exact) mass is 362 g/mol. The Kier molecular flexibility index (Phi) is 1620. The van der Waals surface area contributed by atoms with E-state index >= 15 is 0 Å². The summed E-state index contributed by atoms with van der Waals surface area (Å²) in [5, 5.41) is 0. The number of hydrogen-bond donors (Lipinski definition) is 0. The van der Waals surface area contributed by atoms with Gasteiger partial charge in [0.25, 0.3) is 0 Å². The van der Waals surface area contributed by atoms with E-state index < -0.39 is 0 Å². The second kappa shape index (κ2) is 88.3. The summed E-state index contributed by atoms with van der Waals surface area (Å²) in [5.41, 5.74) is 0. The first-order valence-corrected chi connectivity index (χ1v) is 0. The smallest absolute Gasteiger partial charge is 2.00 e. The zero-order valence-electron chi connectivity index (χ0n) is 3.38. The minimum absolute atomic E-state index is 0. The Morgan fingerprint density at radius 2 is 0.429 bits per heavy atom. The number of rotatable bonds is 0. The Hall–Kier alpha value is 2.19. The summed E-state index contributed by atoms with van der Waals surface area (Å²) in [7, 11) is 0. The molecule has 0 heterocycles. The van der Waals surface area contributed by atoms with E-state index in [2.05, 4.69) is 0 Å². The van der Waals surface area contributed by atoms with E-state index in [1.54, 1.807) is 0 Å². The molecule has 0 aromatic heterocycles. The van der Waals surface area contributed by atoms with Crippen LogP contribution in [0.3, 0.4) is 0 Å². The maximum Gasteiger partial charge on any atom is 3.00 e. The van der Waals surface area contributed by atoms with Crippen molar-refractivity contribution >= 4 is 0 Å². The molecule has 7 heteroatoms. The van der Waals surface area contributed by atoms with Crippen LogP contribution in [-0.4, -0.2) is 11.0 Å². The van der Waals surface area contributed by atoms with Crippen LogP contribution in [0, 0.1) is 71.2 Å². The molecule has 0 unspecified atom stereocenters. The van der Waals surface area contributed by atoms with Gasteiger partial charge in [-0.1, -0.05) is 0 Å². The minimum atomic E-state index is 0. The van der Waals surface area contributed by atoms with Crippen LogP contribution in [0.25, 0.3) is 0 Å². The third-order valence-electron chi connectivity index (χ3n) is 0. The van der Waals surface area contributed by atoms with Crippen LogP contribution in [0.2, 0.25) is 0 Å². The third-order valence-corrected chi connectivity index (χ3v) is 0. The van der Waals surface area contributed by atoms with Gasteiger partial charge in [-0.25, -0.2) is 0 Å². The van der Waals surface area contributed by atoms with Gasteiger partial charge in [-0.05, 0) is 0 Å². The molecule has 0 amide bonds. The van der Waals surface area contributed by atoms with Crippen molar-refractivity contribution in [1.29, 1.82) is 0 Å². The van der Waals surface area contributed by atoms with Gasteiger partial charge in [0.05, 0.1) is 0 Å². The first-order valence-electron chi connectivity index (χ1n) is 0. The first kappa shape index (κ1) is 129. The second-order valence-electron chi connectivity index (χ2n) is 0. The van der Waals surface area contributed by atoms with Crippen molar-refractivity contribution in [1.82, 2.24) is 0 Å². The fourth-order valence-corrected chi connectivity index (χ4v) is 0. The summed E-state index contributed by atoms with van der Waals surface area (Å²) in [4.78, 5) is 0. The van der Waals surface area contributed by atoms with Crippen molar-refractivity contribution in [3.63, 3.8) is 0 Å². The molecule has 0 rings (SSSR count). The molecule has 7 heavy (non-hydrogen) atoms. The molecule has 0 aliphatic rings. The van der Waals surface area contributed by atoms with Crippen molar-refractivity contribution in [2.75, 3.05) is 0 Å². The second-order valence-corrected chi connectivity index (χ2v) is 0. The van der Waals surface area contributed by atoms with Gasteiger partial charge in [-0.15, -0.1) is 0 Å². The van der Waals surface area contributed by atoms with Crippen LogP contribution in [0.4, 0.5) is 0 Å². The minimum Gasteiger partial charge on any atom is -2.00 e. The van der Waals surface area contributed by atoms with Crippen molar-refractivity contribution < 1.29 is 98.6 Å². The Bertz CT molecular complexity index is 6.04. The topological polar surface area (TPSA) is 148 Å². The van der Waals surface area contributed by atoms with Crippen LogP contribution in [-0.2, 0) is 16.4 Å².